The topological polar surface area (TPSA) is 56.6 Å². The van der Waals surface area contributed by atoms with Crippen LogP contribution < -0.4 is 0 Å². The molecule has 0 aliphatic carbocycles. The van der Waals surface area contributed by atoms with Crippen LogP contribution in [0.1, 0.15) is 24.0 Å². The number of hydrogen-bond acceptors (Lipinski definition) is 4. The van der Waals surface area contributed by atoms with Crippen molar-refractivity contribution in [2.75, 3.05) is 26.7 Å². The third kappa shape index (κ3) is 2.72. The van der Waals surface area contributed by atoms with Crippen LogP contribution in [0.4, 0.5) is 4.79 Å². The summed E-state index contributed by atoms with van der Waals surface area (Å²) in [6.07, 6.45) is 1.70. The first-order valence-corrected chi connectivity index (χ1v) is 7.26. The molecule has 2 aliphatic rings. The van der Waals surface area contributed by atoms with Gasteiger partial charge < -0.3 is 9.64 Å². The Hall–Kier alpha value is -2.06. The van der Waals surface area contributed by atoms with Crippen LogP contribution in [-0.4, -0.2) is 48.2 Å². The van der Waals surface area contributed by atoms with Gasteiger partial charge in [0.2, 0.25) is 0 Å². The zero-order valence-corrected chi connectivity index (χ0v) is 12.2. The molecule has 0 N–H and O–H groups in total. The molecule has 1 amide bonds. The Labute approximate surface area is 124 Å². The second-order valence-corrected chi connectivity index (χ2v) is 5.99. The van der Waals surface area contributed by atoms with E-state index in [1.807, 2.05) is 24.3 Å². The number of piperidine rings is 1. The minimum absolute atomic E-state index is 0.228. The summed E-state index contributed by atoms with van der Waals surface area (Å²) in [6.45, 7) is 3.10. The fraction of sp³-hybridized carbons (Fsp3) is 0.500. The smallest absolute Gasteiger partial charge is 0.410 e. The number of ether oxygens (including phenoxy) is 1. The Balaban J connectivity index is 1.73. The zero-order valence-electron chi connectivity index (χ0n) is 12.2. The molecular formula is C16H19N3O2. The molecule has 3 rings (SSSR count). The Morgan fingerprint density at radius 2 is 2.19 bits per heavy atom. The first-order valence-electron chi connectivity index (χ1n) is 7.26. The predicted octanol–water partition coefficient (Wildman–Crippen LogP) is 1.97. The summed E-state index contributed by atoms with van der Waals surface area (Å²) in [7, 11) is 1.78. The summed E-state index contributed by atoms with van der Waals surface area (Å²) >= 11 is 0. The standard InChI is InChI=1S/C16H19N3O2/c1-18-11-16(21-15(18)20)7-4-8-19(12-16)10-14-6-3-2-5-13(14)9-17/h2-3,5-6H,4,7-8,10-12H2,1H3/t16-/m1/s1. The molecule has 2 heterocycles. The Morgan fingerprint density at radius 1 is 1.38 bits per heavy atom. The highest BCUT2D eigenvalue weighted by atomic mass is 16.6. The molecule has 2 aliphatic heterocycles. The van der Waals surface area contributed by atoms with Gasteiger partial charge in [-0.05, 0) is 31.0 Å². The van der Waals surface area contributed by atoms with Gasteiger partial charge in [0.05, 0.1) is 18.2 Å². The van der Waals surface area contributed by atoms with Gasteiger partial charge >= 0.3 is 6.09 Å². The van der Waals surface area contributed by atoms with Crippen molar-refractivity contribution >= 4 is 6.09 Å². The van der Waals surface area contributed by atoms with E-state index in [2.05, 4.69) is 11.0 Å². The molecular weight excluding hydrogens is 266 g/mol. The highest BCUT2D eigenvalue weighted by Gasteiger charge is 2.46. The summed E-state index contributed by atoms with van der Waals surface area (Å²) in [6, 6.07) is 9.92. The number of nitrogens with zero attached hydrogens (tertiary/aromatic N) is 3. The molecule has 21 heavy (non-hydrogen) atoms. The molecule has 1 aromatic rings. The van der Waals surface area contributed by atoms with Crippen LogP contribution in [0.3, 0.4) is 0 Å². The second-order valence-electron chi connectivity index (χ2n) is 5.99. The van der Waals surface area contributed by atoms with Crippen molar-refractivity contribution in [2.45, 2.75) is 25.0 Å². The number of carbonyl (C=O) groups excluding carboxylic acids is 1. The van der Waals surface area contributed by atoms with Gasteiger partial charge in [-0.2, -0.15) is 5.26 Å². The molecule has 1 spiro atoms. The van der Waals surface area contributed by atoms with Gasteiger partial charge in [0.1, 0.15) is 5.60 Å². The summed E-state index contributed by atoms with van der Waals surface area (Å²) in [5.74, 6) is 0. The number of likely N-dealkylation sites (tertiary alicyclic amines) is 1. The molecule has 5 nitrogen and oxygen atoms in total. The predicted molar refractivity (Wildman–Crippen MR) is 77.5 cm³/mol. The number of rotatable bonds is 2. The Morgan fingerprint density at radius 3 is 2.90 bits per heavy atom. The molecule has 5 heteroatoms. The highest BCUT2D eigenvalue weighted by Crippen LogP contribution is 2.32. The van der Waals surface area contributed by atoms with Crippen LogP contribution in [0, 0.1) is 11.3 Å². The maximum atomic E-state index is 11.7. The number of benzene rings is 1. The van der Waals surface area contributed by atoms with E-state index in [0.29, 0.717) is 6.54 Å². The maximum absolute atomic E-state index is 11.7. The Kier molecular flexibility index (Phi) is 3.56. The lowest BCUT2D eigenvalue weighted by molar-refractivity contribution is -0.0113. The van der Waals surface area contributed by atoms with Crippen molar-refractivity contribution in [3.63, 3.8) is 0 Å². The number of likely N-dealkylation sites (N-methyl/N-ethyl adjacent to an activating group) is 1. The second kappa shape index (κ2) is 5.38. The van der Waals surface area contributed by atoms with Gasteiger partial charge in [-0.25, -0.2) is 4.79 Å². The SMILES string of the molecule is CN1C[C@@]2(CCCN(Cc3ccccc3C#N)C2)OC1=O. The first kappa shape index (κ1) is 13.9. The fourth-order valence-corrected chi connectivity index (χ4v) is 3.34. The van der Waals surface area contributed by atoms with Crippen molar-refractivity contribution in [3.8, 4) is 6.07 Å². The molecule has 2 saturated heterocycles. The number of hydrogen-bond donors (Lipinski definition) is 0. The monoisotopic (exact) mass is 285 g/mol. The summed E-state index contributed by atoms with van der Waals surface area (Å²) in [5.41, 5.74) is 1.39. The van der Waals surface area contributed by atoms with E-state index in [-0.39, 0.29) is 11.7 Å². The van der Waals surface area contributed by atoms with Crippen molar-refractivity contribution in [3.05, 3.63) is 35.4 Å². The molecule has 0 unspecified atom stereocenters. The molecule has 2 fully saturated rings. The van der Waals surface area contributed by atoms with Crippen LogP contribution >= 0.6 is 0 Å². The number of carbonyl (C=O) groups is 1. The molecule has 1 aromatic carbocycles. The van der Waals surface area contributed by atoms with Gasteiger partial charge in [-0.15, -0.1) is 0 Å². The van der Waals surface area contributed by atoms with E-state index >= 15 is 0 Å². The lowest BCUT2D eigenvalue weighted by Crippen LogP contribution is -2.50. The van der Waals surface area contributed by atoms with E-state index in [1.54, 1.807) is 11.9 Å². The minimum atomic E-state index is -0.369. The third-order valence-electron chi connectivity index (χ3n) is 4.29. The fourth-order valence-electron chi connectivity index (χ4n) is 3.34. The van der Waals surface area contributed by atoms with Gasteiger partial charge in [0.25, 0.3) is 0 Å². The van der Waals surface area contributed by atoms with Crippen LogP contribution in [-0.2, 0) is 11.3 Å². The van der Waals surface area contributed by atoms with Gasteiger partial charge in [0, 0.05) is 20.1 Å². The minimum Gasteiger partial charge on any atom is -0.440 e. The average Bonchev–Trinajstić information content (AvgIpc) is 2.73. The van der Waals surface area contributed by atoms with Crippen molar-refractivity contribution in [1.29, 1.82) is 5.26 Å². The molecule has 0 bridgehead atoms. The van der Waals surface area contributed by atoms with Crippen LogP contribution in [0.15, 0.2) is 24.3 Å². The average molecular weight is 285 g/mol. The van der Waals surface area contributed by atoms with Gasteiger partial charge in [-0.3, -0.25) is 4.90 Å². The maximum Gasteiger partial charge on any atom is 0.410 e. The first-order chi connectivity index (χ1) is 10.1. The summed E-state index contributed by atoms with van der Waals surface area (Å²) < 4.78 is 5.61. The van der Waals surface area contributed by atoms with E-state index in [0.717, 1.165) is 43.6 Å². The van der Waals surface area contributed by atoms with E-state index in [4.69, 9.17) is 4.74 Å². The molecule has 0 radical (unpaired) electrons. The molecule has 0 aromatic heterocycles. The van der Waals surface area contributed by atoms with Crippen molar-refractivity contribution in [2.24, 2.45) is 0 Å². The lowest BCUT2D eigenvalue weighted by Gasteiger charge is -2.38. The van der Waals surface area contributed by atoms with Crippen molar-refractivity contribution in [1.82, 2.24) is 9.80 Å². The van der Waals surface area contributed by atoms with Crippen LogP contribution in [0.5, 0.6) is 0 Å². The quantitative estimate of drug-likeness (QED) is 0.833. The molecule has 0 saturated carbocycles. The molecule has 110 valence electrons. The van der Waals surface area contributed by atoms with E-state index in [1.165, 1.54) is 0 Å². The number of nitriles is 1. The van der Waals surface area contributed by atoms with Crippen molar-refractivity contribution < 1.29 is 9.53 Å². The third-order valence-corrected chi connectivity index (χ3v) is 4.29. The van der Waals surface area contributed by atoms with Gasteiger partial charge in [-0.1, -0.05) is 18.2 Å². The molecule has 1 atom stereocenters. The van der Waals surface area contributed by atoms with E-state index < -0.39 is 0 Å². The van der Waals surface area contributed by atoms with Crippen LogP contribution in [0.2, 0.25) is 0 Å². The highest BCUT2D eigenvalue weighted by molar-refractivity contribution is 5.70. The van der Waals surface area contributed by atoms with Gasteiger partial charge in [0.15, 0.2) is 0 Å². The summed E-state index contributed by atoms with van der Waals surface area (Å²) in [4.78, 5) is 15.6. The normalized spacial score (nSPS) is 25.9. The number of amides is 1. The lowest BCUT2D eigenvalue weighted by atomic mass is 9.92. The Bertz CT molecular complexity index is 595. The summed E-state index contributed by atoms with van der Waals surface area (Å²) in [5, 5.41) is 9.18. The van der Waals surface area contributed by atoms with Crippen LogP contribution in [0.25, 0.3) is 0 Å². The largest absolute Gasteiger partial charge is 0.440 e. The van der Waals surface area contributed by atoms with E-state index in [9.17, 15) is 10.1 Å². The zero-order chi connectivity index (χ0) is 14.9.